The highest BCUT2D eigenvalue weighted by molar-refractivity contribution is 7.93. The number of rotatable bonds is 4. The van der Waals surface area contributed by atoms with E-state index in [1.54, 1.807) is 0 Å². The highest BCUT2D eigenvalue weighted by atomic mass is 32.2. The second-order valence-corrected chi connectivity index (χ2v) is 8.99. The minimum atomic E-state index is -0.703. The topological polar surface area (TPSA) is 55.8 Å². The van der Waals surface area contributed by atoms with Crippen molar-refractivity contribution in [3.8, 4) is 0 Å². The minimum absolute atomic E-state index is 0.00235. The van der Waals surface area contributed by atoms with Crippen LogP contribution in [0, 0.1) is 22.7 Å². The first kappa shape index (κ1) is 19.1. The summed E-state index contributed by atoms with van der Waals surface area (Å²) < 4.78 is 11.3. The zero-order valence-corrected chi connectivity index (χ0v) is 16.2. The Kier molecular flexibility index (Phi) is 5.44. The Morgan fingerprint density at radius 3 is 2.43 bits per heavy atom. The van der Waals surface area contributed by atoms with Crippen LogP contribution in [0.1, 0.15) is 60.3 Å². The normalized spacial score (nSPS) is 42.8. The first-order valence-corrected chi connectivity index (χ1v) is 9.76. The molecule has 2 fully saturated rings. The average molecular weight is 345 g/mol. The van der Waals surface area contributed by atoms with E-state index < -0.39 is 5.60 Å². The van der Waals surface area contributed by atoms with Gasteiger partial charge in [-0.2, -0.15) is 0 Å². The lowest BCUT2D eigenvalue weighted by Gasteiger charge is -2.62. The number of aliphatic hydroxyl groups is 1. The molecule has 4 nitrogen and oxygen atoms in total. The Hall–Kier alpha value is -0.260. The molecule has 0 bridgehead atoms. The molecule has 2 aliphatic rings. The third-order valence-electron chi connectivity index (χ3n) is 6.62. The van der Waals surface area contributed by atoms with Crippen molar-refractivity contribution in [1.29, 1.82) is 0 Å². The van der Waals surface area contributed by atoms with Gasteiger partial charge in [-0.1, -0.05) is 20.8 Å². The van der Waals surface area contributed by atoms with Crippen LogP contribution >= 0.6 is 12.0 Å². The molecule has 0 radical (unpaired) electrons. The summed E-state index contributed by atoms with van der Waals surface area (Å²) in [6.07, 6.45) is 5.42. The molecule has 1 N–H and O–H groups in total. The van der Waals surface area contributed by atoms with E-state index in [2.05, 4.69) is 20.8 Å². The highest BCUT2D eigenvalue weighted by Crippen LogP contribution is 2.62. The molecule has 2 saturated carbocycles. The maximum Gasteiger partial charge on any atom is 0.302 e. The van der Waals surface area contributed by atoms with Crippen molar-refractivity contribution >= 4 is 18.0 Å². The van der Waals surface area contributed by atoms with Gasteiger partial charge in [0, 0.05) is 24.5 Å². The third-order valence-corrected chi connectivity index (χ3v) is 6.99. The largest absolute Gasteiger partial charge is 0.462 e. The molecule has 5 atom stereocenters. The predicted octanol–water partition coefficient (Wildman–Crippen LogP) is 3.82. The average Bonchev–Trinajstić information content (AvgIpc) is 2.40. The molecule has 0 amide bonds. The Morgan fingerprint density at radius 2 is 1.87 bits per heavy atom. The molecule has 2 rings (SSSR count). The molecule has 5 heteroatoms. The minimum Gasteiger partial charge on any atom is -0.462 e. The molecule has 2 aliphatic carbocycles. The second-order valence-electron chi connectivity index (χ2n) is 8.42. The Bertz CT molecular complexity index is 448. The van der Waals surface area contributed by atoms with Gasteiger partial charge in [0.2, 0.25) is 0 Å². The van der Waals surface area contributed by atoms with Gasteiger partial charge in [0.15, 0.2) is 0 Å². The van der Waals surface area contributed by atoms with Crippen molar-refractivity contribution in [2.45, 2.75) is 72.0 Å². The van der Waals surface area contributed by atoms with Crippen molar-refractivity contribution in [2.75, 3.05) is 12.9 Å². The van der Waals surface area contributed by atoms with Crippen LogP contribution < -0.4 is 0 Å². The van der Waals surface area contributed by atoms with E-state index in [0.29, 0.717) is 12.5 Å². The van der Waals surface area contributed by atoms with E-state index in [0.717, 1.165) is 25.7 Å². The van der Waals surface area contributed by atoms with E-state index in [4.69, 9.17) is 8.92 Å². The summed E-state index contributed by atoms with van der Waals surface area (Å²) in [5, 5.41) is 11.0. The molecule has 5 unspecified atom stereocenters. The van der Waals surface area contributed by atoms with Crippen LogP contribution in [0.15, 0.2) is 0 Å². The molecule has 0 aromatic carbocycles. The van der Waals surface area contributed by atoms with E-state index in [1.165, 1.54) is 19.0 Å². The third kappa shape index (κ3) is 3.42. The van der Waals surface area contributed by atoms with Gasteiger partial charge < -0.3 is 14.0 Å². The van der Waals surface area contributed by atoms with Crippen LogP contribution in [0.4, 0.5) is 0 Å². The molecule has 0 spiro atoms. The fraction of sp³-hybridized carbons (Fsp3) is 0.944. The van der Waals surface area contributed by atoms with Crippen LogP contribution in [0.5, 0.6) is 0 Å². The van der Waals surface area contributed by atoms with Gasteiger partial charge in [0.05, 0.1) is 12.2 Å². The summed E-state index contributed by atoms with van der Waals surface area (Å²) in [7, 11) is 0. The number of esters is 1. The van der Waals surface area contributed by atoms with Crippen LogP contribution in [0.2, 0.25) is 0 Å². The maximum atomic E-state index is 11.5. The molecular formula is C18H32O4S. The number of carbonyl (C=O) groups excluding carboxylic acids is 1. The zero-order chi connectivity index (χ0) is 17.5. The summed E-state index contributed by atoms with van der Waals surface area (Å²) >= 11 is 1.36. The second kappa shape index (κ2) is 6.57. The molecular weight excluding hydrogens is 312 g/mol. The van der Waals surface area contributed by atoms with Gasteiger partial charge in [-0.15, -0.1) is 0 Å². The van der Waals surface area contributed by atoms with Gasteiger partial charge in [-0.05, 0) is 56.0 Å². The van der Waals surface area contributed by atoms with Gasteiger partial charge in [-0.3, -0.25) is 4.79 Å². The first-order chi connectivity index (χ1) is 10.6. The van der Waals surface area contributed by atoms with Gasteiger partial charge in [-0.25, -0.2) is 0 Å². The van der Waals surface area contributed by atoms with Crippen molar-refractivity contribution in [1.82, 2.24) is 0 Å². The van der Waals surface area contributed by atoms with Crippen molar-refractivity contribution in [3.05, 3.63) is 0 Å². The summed E-state index contributed by atoms with van der Waals surface area (Å²) in [5.74, 6) is 0.305. The fourth-order valence-electron chi connectivity index (χ4n) is 5.42. The van der Waals surface area contributed by atoms with E-state index in [-0.39, 0.29) is 28.8 Å². The monoisotopic (exact) mass is 344 g/mol. The van der Waals surface area contributed by atoms with Crippen LogP contribution in [0.3, 0.4) is 0 Å². The lowest BCUT2D eigenvalue weighted by Crippen LogP contribution is -2.62. The standard InChI is InChI=1S/C18H32O4S/c1-12(19)22-15-8-9-17(4)13(16(15,2)3)7-10-18(5,20)14(17)11-21-23-6/h13-15,20H,7-11H2,1-6H3. The predicted molar refractivity (Wildman–Crippen MR) is 93.0 cm³/mol. The van der Waals surface area contributed by atoms with Crippen LogP contribution in [-0.4, -0.2) is 35.6 Å². The lowest BCUT2D eigenvalue weighted by molar-refractivity contribution is -0.210. The number of hydrogen-bond donors (Lipinski definition) is 1. The Morgan fingerprint density at radius 1 is 1.22 bits per heavy atom. The van der Waals surface area contributed by atoms with Crippen molar-refractivity contribution < 1.29 is 18.8 Å². The van der Waals surface area contributed by atoms with Gasteiger partial charge in [0.25, 0.3) is 0 Å². The summed E-state index contributed by atoms with van der Waals surface area (Å²) in [6, 6.07) is 0. The SMILES string of the molecule is CSOCC1C(C)(O)CCC2C(C)(C)C(OC(C)=O)CCC12C. The maximum absolute atomic E-state index is 11.5. The molecule has 0 saturated heterocycles. The molecule has 0 aromatic rings. The fourth-order valence-corrected chi connectivity index (χ4v) is 5.69. The summed E-state index contributed by atoms with van der Waals surface area (Å²) in [5.41, 5.74) is -0.796. The molecule has 0 heterocycles. The molecule has 23 heavy (non-hydrogen) atoms. The Balaban J connectivity index is 2.31. The summed E-state index contributed by atoms with van der Waals surface area (Å²) in [6.45, 7) is 10.7. The lowest BCUT2D eigenvalue weighted by atomic mass is 9.45. The van der Waals surface area contributed by atoms with Crippen molar-refractivity contribution in [3.63, 3.8) is 0 Å². The van der Waals surface area contributed by atoms with Gasteiger partial charge in [0.1, 0.15) is 6.10 Å². The molecule has 0 aromatic heterocycles. The van der Waals surface area contributed by atoms with E-state index >= 15 is 0 Å². The first-order valence-electron chi connectivity index (χ1n) is 8.61. The van der Waals surface area contributed by atoms with Crippen LogP contribution in [0.25, 0.3) is 0 Å². The quantitative estimate of drug-likeness (QED) is 0.621. The number of fused-ring (bicyclic) bond motifs is 1. The smallest absolute Gasteiger partial charge is 0.302 e. The molecule has 134 valence electrons. The van der Waals surface area contributed by atoms with Crippen LogP contribution in [-0.2, 0) is 13.7 Å². The van der Waals surface area contributed by atoms with E-state index in [1.807, 2.05) is 13.2 Å². The zero-order valence-electron chi connectivity index (χ0n) is 15.3. The summed E-state index contributed by atoms with van der Waals surface area (Å²) in [4.78, 5) is 11.5. The number of ether oxygens (including phenoxy) is 1. The van der Waals surface area contributed by atoms with Crippen molar-refractivity contribution in [2.24, 2.45) is 22.7 Å². The number of carbonyl (C=O) groups is 1. The highest BCUT2D eigenvalue weighted by Gasteiger charge is 2.61. The Labute approximate surface area is 144 Å². The molecule has 0 aliphatic heterocycles. The van der Waals surface area contributed by atoms with Gasteiger partial charge >= 0.3 is 5.97 Å². The number of hydrogen-bond acceptors (Lipinski definition) is 5. The van der Waals surface area contributed by atoms with E-state index in [9.17, 15) is 9.90 Å².